The molecule has 1 N–H and O–H groups in total. The van der Waals surface area contributed by atoms with Crippen molar-refractivity contribution in [2.75, 3.05) is 31.7 Å². The van der Waals surface area contributed by atoms with Gasteiger partial charge in [0, 0.05) is 24.6 Å². The molecule has 0 spiro atoms. The lowest BCUT2D eigenvalue weighted by molar-refractivity contribution is -0.144. The van der Waals surface area contributed by atoms with E-state index in [2.05, 4.69) is 0 Å². The Kier molecular flexibility index (Phi) is 5.23. The van der Waals surface area contributed by atoms with Gasteiger partial charge in [0.15, 0.2) is 0 Å². The van der Waals surface area contributed by atoms with Gasteiger partial charge >= 0.3 is 12.1 Å². The van der Waals surface area contributed by atoms with Crippen LogP contribution in [0.25, 0.3) is 0 Å². The standard InChI is InChI=1S/C14H16F3NO3S/c1-21-11-7-9(6-10(8-11)14(15,16)17)12(13(19)20)18-2-4-22-5-3-18/h6-8,12H,2-5H2,1H3,(H,19,20). The zero-order chi connectivity index (χ0) is 16.3. The van der Waals surface area contributed by atoms with Crippen LogP contribution in [0.4, 0.5) is 13.2 Å². The summed E-state index contributed by atoms with van der Waals surface area (Å²) >= 11 is 1.70. The van der Waals surface area contributed by atoms with Crippen LogP contribution in [0, 0.1) is 0 Å². The van der Waals surface area contributed by atoms with Crippen LogP contribution in [0.5, 0.6) is 5.75 Å². The lowest BCUT2D eigenvalue weighted by atomic mass is 10.0. The van der Waals surface area contributed by atoms with E-state index in [4.69, 9.17) is 4.74 Å². The molecule has 1 fully saturated rings. The number of carboxylic acids is 1. The van der Waals surface area contributed by atoms with E-state index < -0.39 is 23.8 Å². The molecule has 122 valence electrons. The molecule has 0 radical (unpaired) electrons. The van der Waals surface area contributed by atoms with Crippen LogP contribution in [0.15, 0.2) is 18.2 Å². The first-order chi connectivity index (χ1) is 10.3. The number of methoxy groups -OCH3 is 1. The summed E-state index contributed by atoms with van der Waals surface area (Å²) in [5.74, 6) is 0.371. The summed E-state index contributed by atoms with van der Waals surface area (Å²) in [5.41, 5.74) is -0.814. The van der Waals surface area contributed by atoms with Gasteiger partial charge in [-0.25, -0.2) is 0 Å². The molecule has 1 aliphatic heterocycles. The van der Waals surface area contributed by atoms with Crippen LogP contribution >= 0.6 is 11.8 Å². The van der Waals surface area contributed by atoms with E-state index in [9.17, 15) is 23.1 Å². The first-order valence-corrected chi connectivity index (χ1v) is 7.79. The van der Waals surface area contributed by atoms with E-state index in [1.165, 1.54) is 13.2 Å². The molecule has 1 atom stereocenters. The zero-order valence-corrected chi connectivity index (χ0v) is 12.7. The Morgan fingerprint density at radius 3 is 2.45 bits per heavy atom. The van der Waals surface area contributed by atoms with Crippen LogP contribution < -0.4 is 4.74 Å². The van der Waals surface area contributed by atoms with Crippen LogP contribution in [0.2, 0.25) is 0 Å². The maximum Gasteiger partial charge on any atom is 0.416 e. The number of nitrogens with zero attached hydrogens (tertiary/aromatic N) is 1. The number of carbonyl (C=O) groups is 1. The van der Waals surface area contributed by atoms with Gasteiger partial charge in [-0.15, -0.1) is 0 Å². The van der Waals surface area contributed by atoms with Crippen LogP contribution in [0.1, 0.15) is 17.2 Å². The highest BCUT2D eigenvalue weighted by molar-refractivity contribution is 7.99. The summed E-state index contributed by atoms with van der Waals surface area (Å²) < 4.78 is 43.8. The van der Waals surface area contributed by atoms with Gasteiger partial charge in [0.05, 0.1) is 12.7 Å². The molecule has 0 saturated carbocycles. The van der Waals surface area contributed by atoms with Crippen molar-refractivity contribution >= 4 is 17.7 Å². The van der Waals surface area contributed by atoms with E-state index >= 15 is 0 Å². The van der Waals surface area contributed by atoms with E-state index in [-0.39, 0.29) is 11.3 Å². The fraction of sp³-hybridized carbons (Fsp3) is 0.500. The number of halogens is 3. The SMILES string of the molecule is COc1cc(C(C(=O)O)N2CCSCC2)cc(C(F)(F)F)c1. The topological polar surface area (TPSA) is 49.8 Å². The quantitative estimate of drug-likeness (QED) is 0.917. The van der Waals surface area contributed by atoms with E-state index in [1.807, 2.05) is 0 Å². The lowest BCUT2D eigenvalue weighted by Gasteiger charge is -2.32. The molecule has 1 saturated heterocycles. The minimum Gasteiger partial charge on any atom is -0.497 e. The van der Waals surface area contributed by atoms with Gasteiger partial charge in [-0.1, -0.05) is 0 Å². The predicted octanol–water partition coefficient (Wildman–Crippen LogP) is 2.89. The molecule has 1 heterocycles. The molecule has 0 amide bonds. The molecular formula is C14H16F3NO3S. The van der Waals surface area contributed by atoms with Crippen molar-refractivity contribution < 1.29 is 27.8 Å². The average molecular weight is 335 g/mol. The van der Waals surface area contributed by atoms with E-state index in [0.29, 0.717) is 13.1 Å². The summed E-state index contributed by atoms with van der Waals surface area (Å²) in [6.07, 6.45) is -4.55. The lowest BCUT2D eigenvalue weighted by Crippen LogP contribution is -2.39. The summed E-state index contributed by atoms with van der Waals surface area (Å²) in [6, 6.07) is 2.02. The maximum atomic E-state index is 13.0. The number of carboxylic acid groups (broad SMARTS) is 1. The van der Waals surface area contributed by atoms with Gasteiger partial charge in [0.2, 0.25) is 0 Å². The molecule has 0 bridgehead atoms. The van der Waals surface area contributed by atoms with Crippen molar-refractivity contribution in [3.05, 3.63) is 29.3 Å². The van der Waals surface area contributed by atoms with Gasteiger partial charge in [-0.3, -0.25) is 9.69 Å². The van der Waals surface area contributed by atoms with Crippen LogP contribution in [-0.2, 0) is 11.0 Å². The maximum absolute atomic E-state index is 13.0. The van der Waals surface area contributed by atoms with Crippen molar-refractivity contribution in [2.24, 2.45) is 0 Å². The minimum absolute atomic E-state index is 0.00228. The molecule has 1 aromatic carbocycles. The minimum atomic E-state index is -4.55. The molecule has 22 heavy (non-hydrogen) atoms. The predicted molar refractivity (Wildman–Crippen MR) is 77.3 cm³/mol. The van der Waals surface area contributed by atoms with Gasteiger partial charge in [0.1, 0.15) is 11.8 Å². The molecular weight excluding hydrogens is 319 g/mol. The number of thioether (sulfide) groups is 1. The summed E-state index contributed by atoms with van der Waals surface area (Å²) in [6.45, 7) is 1.06. The van der Waals surface area contributed by atoms with Gasteiger partial charge in [-0.2, -0.15) is 24.9 Å². The molecule has 1 aromatic rings. The molecule has 2 rings (SSSR count). The highest BCUT2D eigenvalue weighted by Gasteiger charge is 2.35. The first kappa shape index (κ1) is 17.0. The van der Waals surface area contributed by atoms with Gasteiger partial charge in [0.25, 0.3) is 0 Å². The largest absolute Gasteiger partial charge is 0.497 e. The molecule has 8 heteroatoms. The number of ether oxygens (including phenoxy) is 1. The molecule has 0 aliphatic carbocycles. The van der Waals surface area contributed by atoms with E-state index in [1.54, 1.807) is 16.7 Å². The Morgan fingerprint density at radius 1 is 1.32 bits per heavy atom. The summed E-state index contributed by atoms with van der Waals surface area (Å²) in [5, 5.41) is 9.47. The monoisotopic (exact) mass is 335 g/mol. The van der Waals surface area contributed by atoms with E-state index in [0.717, 1.165) is 23.6 Å². The van der Waals surface area contributed by atoms with Crippen molar-refractivity contribution in [1.29, 1.82) is 0 Å². The van der Waals surface area contributed by atoms with Crippen molar-refractivity contribution in [1.82, 2.24) is 4.90 Å². The third-order valence-electron chi connectivity index (χ3n) is 3.45. The second-order valence-electron chi connectivity index (χ2n) is 4.88. The molecule has 4 nitrogen and oxygen atoms in total. The molecule has 1 aliphatic rings. The second-order valence-corrected chi connectivity index (χ2v) is 6.11. The number of hydrogen-bond acceptors (Lipinski definition) is 4. The fourth-order valence-electron chi connectivity index (χ4n) is 2.41. The van der Waals surface area contributed by atoms with Gasteiger partial charge in [-0.05, 0) is 23.8 Å². The summed E-state index contributed by atoms with van der Waals surface area (Å²) in [4.78, 5) is 13.3. The van der Waals surface area contributed by atoms with Crippen molar-refractivity contribution in [2.45, 2.75) is 12.2 Å². The molecule has 0 aromatic heterocycles. The Balaban J connectivity index is 2.44. The number of hydrogen-bond donors (Lipinski definition) is 1. The Hall–Kier alpha value is -1.41. The van der Waals surface area contributed by atoms with Crippen molar-refractivity contribution in [3.63, 3.8) is 0 Å². The third kappa shape index (κ3) is 3.86. The first-order valence-electron chi connectivity index (χ1n) is 6.63. The Bertz CT molecular complexity index is 545. The Labute approximate surface area is 130 Å². The highest BCUT2D eigenvalue weighted by atomic mass is 32.2. The smallest absolute Gasteiger partial charge is 0.416 e. The zero-order valence-electron chi connectivity index (χ0n) is 11.9. The fourth-order valence-corrected chi connectivity index (χ4v) is 3.34. The normalized spacial score (nSPS) is 18.0. The second kappa shape index (κ2) is 6.78. The highest BCUT2D eigenvalue weighted by Crippen LogP contribution is 2.35. The summed E-state index contributed by atoms with van der Waals surface area (Å²) in [7, 11) is 1.26. The number of alkyl halides is 3. The average Bonchev–Trinajstić information content (AvgIpc) is 2.47. The third-order valence-corrected chi connectivity index (χ3v) is 4.39. The molecule has 1 unspecified atom stereocenters. The van der Waals surface area contributed by atoms with Crippen molar-refractivity contribution in [3.8, 4) is 5.75 Å². The number of benzene rings is 1. The Morgan fingerprint density at radius 2 is 1.95 bits per heavy atom. The number of rotatable bonds is 4. The van der Waals surface area contributed by atoms with Gasteiger partial charge < -0.3 is 9.84 Å². The van der Waals surface area contributed by atoms with Crippen LogP contribution in [0.3, 0.4) is 0 Å². The van der Waals surface area contributed by atoms with Crippen LogP contribution in [-0.4, -0.2) is 47.7 Å². The number of aliphatic carboxylic acids is 1.